The molecule has 0 radical (unpaired) electrons. The molecule has 0 bridgehead atoms. The van der Waals surface area contributed by atoms with Crippen molar-refractivity contribution in [2.45, 2.75) is 75.2 Å². The highest BCUT2D eigenvalue weighted by Gasteiger charge is 2.42. The molecular weight excluding hydrogens is 644 g/mol. The third-order valence-electron chi connectivity index (χ3n) is 11.0. The van der Waals surface area contributed by atoms with Crippen LogP contribution in [0.25, 0.3) is 0 Å². The number of nitrogens with zero attached hydrogens (tertiary/aromatic N) is 1. The minimum atomic E-state index is -0.153. The number of amides is 1. The molecule has 2 aliphatic rings. The lowest BCUT2D eigenvalue weighted by atomic mass is 9.68. The minimum absolute atomic E-state index is 0. The summed E-state index contributed by atoms with van der Waals surface area (Å²) in [4.78, 5) is 15.5. The van der Waals surface area contributed by atoms with Crippen LogP contribution < -0.4 is 19.5 Å². The first-order valence-electron chi connectivity index (χ1n) is 18.1. The fourth-order valence-corrected chi connectivity index (χ4v) is 8.44. The van der Waals surface area contributed by atoms with Crippen molar-refractivity contribution >= 4 is 18.3 Å². The van der Waals surface area contributed by atoms with Crippen LogP contribution >= 0.6 is 12.4 Å². The Kier molecular flexibility index (Phi) is 13.2. The van der Waals surface area contributed by atoms with Gasteiger partial charge in [0, 0.05) is 17.5 Å². The Balaban J connectivity index is 0.00000486. The van der Waals surface area contributed by atoms with Crippen LogP contribution in [0.15, 0.2) is 103 Å². The summed E-state index contributed by atoms with van der Waals surface area (Å²) in [5, 5.41) is 3.11. The Bertz CT molecular complexity index is 1600. The number of nitrogens with one attached hydrogen (secondary N) is 1. The van der Waals surface area contributed by atoms with Gasteiger partial charge in [-0.25, -0.2) is 0 Å². The lowest BCUT2D eigenvalue weighted by Crippen LogP contribution is -2.55. The molecule has 1 spiro atoms. The number of ether oxygens (including phenoxy) is 3. The van der Waals surface area contributed by atoms with E-state index in [9.17, 15) is 4.79 Å². The molecule has 7 heteroatoms. The Morgan fingerprint density at radius 2 is 1.38 bits per heavy atom. The first-order chi connectivity index (χ1) is 24.0. The van der Waals surface area contributed by atoms with Gasteiger partial charge in [0.2, 0.25) is 0 Å². The molecular formula is C43H53ClN2O4. The quantitative estimate of drug-likeness (QED) is 0.126. The molecule has 1 fully saturated rings. The van der Waals surface area contributed by atoms with E-state index < -0.39 is 0 Å². The molecule has 6 rings (SSSR count). The molecule has 6 nitrogen and oxygen atoms in total. The van der Waals surface area contributed by atoms with E-state index in [1.54, 1.807) is 14.2 Å². The molecule has 4 aromatic rings. The summed E-state index contributed by atoms with van der Waals surface area (Å²) in [5.74, 6) is 2.28. The highest BCUT2D eigenvalue weighted by atomic mass is 35.5. The van der Waals surface area contributed by atoms with Crippen molar-refractivity contribution in [1.82, 2.24) is 10.2 Å². The van der Waals surface area contributed by atoms with Crippen LogP contribution in [0, 0.1) is 0 Å². The van der Waals surface area contributed by atoms with Gasteiger partial charge in [0.1, 0.15) is 5.75 Å². The normalized spacial score (nSPS) is 17.3. The summed E-state index contributed by atoms with van der Waals surface area (Å²) in [6.07, 6.45) is 11.1. The zero-order valence-electron chi connectivity index (χ0n) is 29.7. The zero-order valence-corrected chi connectivity index (χ0v) is 30.5. The van der Waals surface area contributed by atoms with E-state index >= 15 is 0 Å². The molecule has 1 heterocycles. The smallest absolute Gasteiger partial charge is 0.257 e. The van der Waals surface area contributed by atoms with E-state index in [4.69, 9.17) is 14.2 Å². The lowest BCUT2D eigenvalue weighted by Gasteiger charge is -2.50. The molecule has 1 amide bonds. The van der Waals surface area contributed by atoms with Crippen molar-refractivity contribution in [2.24, 2.45) is 0 Å². The number of methoxy groups -OCH3 is 2. The third kappa shape index (κ3) is 8.65. The van der Waals surface area contributed by atoms with Gasteiger partial charge in [0.15, 0.2) is 18.1 Å². The molecule has 1 unspecified atom stereocenters. The number of para-hydroxylation sites is 1. The number of hydrogen-bond donors (Lipinski definition) is 1. The molecule has 0 aromatic heterocycles. The number of benzene rings is 4. The van der Waals surface area contributed by atoms with Gasteiger partial charge < -0.3 is 19.5 Å². The van der Waals surface area contributed by atoms with E-state index in [1.165, 1.54) is 47.9 Å². The van der Waals surface area contributed by atoms with E-state index in [1.807, 2.05) is 30.3 Å². The molecule has 266 valence electrons. The number of carbonyl (C=O) groups excluding carboxylic acids is 1. The predicted octanol–water partition coefficient (Wildman–Crippen LogP) is 8.58. The number of piperidine rings is 1. The maximum Gasteiger partial charge on any atom is 0.257 e. The lowest BCUT2D eigenvalue weighted by molar-refractivity contribution is -0.123. The number of fused-ring (bicyclic) bond motifs is 1. The second-order valence-electron chi connectivity index (χ2n) is 13.8. The Morgan fingerprint density at radius 3 is 2.02 bits per heavy atom. The zero-order chi connectivity index (χ0) is 33.9. The van der Waals surface area contributed by atoms with E-state index in [0.29, 0.717) is 12.3 Å². The van der Waals surface area contributed by atoms with Gasteiger partial charge in [-0.1, -0.05) is 85.3 Å². The first kappa shape index (κ1) is 37.3. The number of halogens is 1. The summed E-state index contributed by atoms with van der Waals surface area (Å²) >= 11 is 0. The molecule has 1 atom stereocenters. The first-order valence-corrected chi connectivity index (χ1v) is 18.1. The standard InChI is InChI=1S/C43H52N2O4.ClH/c1-47-39-30-34-22-26-42(32-35(34)31-40(39)48-2)23-12-13-28-45(42)29-15-25-43(36-16-6-3-7-17-36,37-18-8-4-9-19-37)24-14-27-44-41(46)33-49-38-20-10-5-11-21-38;/h3-11,16-21,30-31H,12-15,22-29,32-33H2,1-2H3,(H,44,46);1H. The predicted molar refractivity (Wildman–Crippen MR) is 204 cm³/mol. The summed E-state index contributed by atoms with van der Waals surface area (Å²) in [5.41, 5.74) is 5.55. The van der Waals surface area contributed by atoms with Crippen LogP contribution in [0.4, 0.5) is 0 Å². The summed E-state index contributed by atoms with van der Waals surface area (Å²) in [7, 11) is 3.45. The largest absolute Gasteiger partial charge is 0.493 e. The maximum absolute atomic E-state index is 12.7. The average molecular weight is 697 g/mol. The monoisotopic (exact) mass is 696 g/mol. The Hall–Kier alpha value is -4.00. The van der Waals surface area contributed by atoms with E-state index in [-0.39, 0.29) is 35.9 Å². The van der Waals surface area contributed by atoms with Gasteiger partial charge in [-0.05, 0) is 117 Å². The van der Waals surface area contributed by atoms with Crippen LogP contribution in [-0.4, -0.2) is 56.8 Å². The summed E-state index contributed by atoms with van der Waals surface area (Å²) in [6.45, 7) is 2.87. The number of likely N-dealkylation sites (tertiary alicyclic amines) is 1. The molecule has 4 aromatic carbocycles. The SMILES string of the molecule is COc1cc2c(cc1OC)CC1(CCCCN1CCCC(CCCNC(=O)COc1ccccc1)(c1ccccc1)c1ccccc1)CC2.Cl. The third-order valence-corrected chi connectivity index (χ3v) is 11.0. The second kappa shape index (κ2) is 17.8. The van der Waals surface area contributed by atoms with Gasteiger partial charge >= 0.3 is 0 Å². The van der Waals surface area contributed by atoms with Crippen LogP contribution in [-0.2, 0) is 23.1 Å². The van der Waals surface area contributed by atoms with Crippen molar-refractivity contribution in [1.29, 1.82) is 0 Å². The number of hydrogen-bond acceptors (Lipinski definition) is 5. The number of carbonyl (C=O) groups is 1. The van der Waals surface area contributed by atoms with Crippen LogP contribution in [0.2, 0.25) is 0 Å². The topological polar surface area (TPSA) is 60.0 Å². The highest BCUT2D eigenvalue weighted by molar-refractivity contribution is 5.85. The van der Waals surface area contributed by atoms with Gasteiger partial charge in [0.25, 0.3) is 5.91 Å². The molecule has 1 saturated heterocycles. The van der Waals surface area contributed by atoms with Crippen molar-refractivity contribution in [3.63, 3.8) is 0 Å². The molecule has 1 N–H and O–H groups in total. The number of rotatable bonds is 15. The van der Waals surface area contributed by atoms with Crippen molar-refractivity contribution < 1.29 is 19.0 Å². The average Bonchev–Trinajstić information content (AvgIpc) is 3.16. The van der Waals surface area contributed by atoms with Crippen molar-refractivity contribution in [3.8, 4) is 17.2 Å². The fourth-order valence-electron chi connectivity index (χ4n) is 8.44. The van der Waals surface area contributed by atoms with Crippen LogP contribution in [0.1, 0.15) is 73.6 Å². The molecule has 0 saturated carbocycles. The molecule has 1 aliphatic carbocycles. The van der Waals surface area contributed by atoms with Gasteiger partial charge in [0.05, 0.1) is 14.2 Å². The Morgan fingerprint density at radius 1 is 0.780 bits per heavy atom. The van der Waals surface area contributed by atoms with Crippen LogP contribution in [0.5, 0.6) is 17.2 Å². The van der Waals surface area contributed by atoms with Gasteiger partial charge in [-0.2, -0.15) is 0 Å². The second-order valence-corrected chi connectivity index (χ2v) is 13.8. The highest BCUT2D eigenvalue weighted by Crippen LogP contribution is 2.45. The van der Waals surface area contributed by atoms with E-state index in [2.05, 4.69) is 83.0 Å². The fraction of sp³-hybridized carbons (Fsp3) is 0.419. The molecule has 1 aliphatic heterocycles. The van der Waals surface area contributed by atoms with Crippen molar-refractivity contribution in [3.05, 3.63) is 125 Å². The number of aryl methyl sites for hydroxylation is 1. The maximum atomic E-state index is 12.7. The Labute approximate surface area is 304 Å². The van der Waals surface area contributed by atoms with E-state index in [0.717, 1.165) is 63.1 Å². The van der Waals surface area contributed by atoms with Gasteiger partial charge in [-0.3, -0.25) is 9.69 Å². The molecule has 50 heavy (non-hydrogen) atoms. The summed E-state index contributed by atoms with van der Waals surface area (Å²) < 4.78 is 17.0. The van der Waals surface area contributed by atoms with Crippen LogP contribution in [0.3, 0.4) is 0 Å². The van der Waals surface area contributed by atoms with Crippen molar-refractivity contribution in [2.75, 3.05) is 40.5 Å². The summed E-state index contributed by atoms with van der Waals surface area (Å²) in [6, 6.07) is 36.0. The van der Waals surface area contributed by atoms with Gasteiger partial charge in [-0.15, -0.1) is 12.4 Å². The minimum Gasteiger partial charge on any atom is -0.493 e.